The van der Waals surface area contributed by atoms with E-state index in [1.54, 1.807) is 0 Å². The lowest BCUT2D eigenvalue weighted by Crippen LogP contribution is -2.45. The number of hydrogen-bond donors (Lipinski definition) is 2. The summed E-state index contributed by atoms with van der Waals surface area (Å²) in [5.74, 6) is -2.52. The third-order valence-electron chi connectivity index (χ3n) is 2.66. The van der Waals surface area contributed by atoms with Crippen LogP contribution in [0.1, 0.15) is 34.1 Å². The molecule has 0 aromatic heterocycles. The van der Waals surface area contributed by atoms with Gasteiger partial charge in [0, 0.05) is 6.54 Å². The maximum atomic E-state index is 11.8. The smallest absolute Gasteiger partial charge is 0.324 e. The molecular formula is C11H21NO5S. The van der Waals surface area contributed by atoms with E-state index in [9.17, 15) is 18.0 Å². The van der Waals surface area contributed by atoms with E-state index in [2.05, 4.69) is 5.32 Å². The van der Waals surface area contributed by atoms with Crippen molar-refractivity contribution >= 4 is 21.7 Å². The molecule has 0 spiro atoms. The number of sulfone groups is 1. The molecule has 0 aromatic rings. The van der Waals surface area contributed by atoms with Crippen molar-refractivity contribution in [1.82, 2.24) is 5.32 Å². The molecule has 0 unspecified atom stereocenters. The summed E-state index contributed by atoms with van der Waals surface area (Å²) in [6.07, 6.45) is 0.744. The van der Waals surface area contributed by atoms with E-state index in [1.807, 2.05) is 13.8 Å². The summed E-state index contributed by atoms with van der Waals surface area (Å²) in [7, 11) is -4.02. The van der Waals surface area contributed by atoms with E-state index >= 15 is 0 Å². The fourth-order valence-corrected chi connectivity index (χ4v) is 2.11. The van der Waals surface area contributed by atoms with Crippen LogP contribution in [0.4, 0.5) is 0 Å². The zero-order chi connectivity index (χ0) is 14.6. The highest BCUT2D eigenvalue weighted by Crippen LogP contribution is 2.17. The molecule has 0 fully saturated rings. The number of nitrogens with one attached hydrogen (secondary N) is 1. The van der Waals surface area contributed by atoms with E-state index in [0.717, 1.165) is 20.3 Å². The molecule has 7 heteroatoms. The largest absolute Gasteiger partial charge is 0.480 e. The monoisotopic (exact) mass is 279 g/mol. The molecule has 106 valence electrons. The third-order valence-corrected chi connectivity index (χ3v) is 5.03. The van der Waals surface area contributed by atoms with Crippen LogP contribution < -0.4 is 5.32 Å². The summed E-state index contributed by atoms with van der Waals surface area (Å²) in [4.78, 5) is 22.3. The van der Waals surface area contributed by atoms with Gasteiger partial charge in [-0.15, -0.1) is 0 Å². The summed E-state index contributed by atoms with van der Waals surface area (Å²) in [6, 6.07) is 0. The average molecular weight is 279 g/mol. The van der Waals surface area contributed by atoms with Gasteiger partial charge in [0.2, 0.25) is 5.91 Å². The molecule has 0 saturated heterocycles. The van der Waals surface area contributed by atoms with E-state index in [1.165, 1.54) is 0 Å². The van der Waals surface area contributed by atoms with E-state index in [4.69, 9.17) is 5.11 Å². The van der Waals surface area contributed by atoms with Gasteiger partial charge < -0.3 is 10.4 Å². The Hall–Kier alpha value is -1.11. The highest BCUT2D eigenvalue weighted by atomic mass is 32.2. The lowest BCUT2D eigenvalue weighted by molar-refractivity contribution is -0.139. The van der Waals surface area contributed by atoms with Gasteiger partial charge in [-0.05, 0) is 26.2 Å². The first-order chi connectivity index (χ1) is 8.00. The molecule has 0 heterocycles. The zero-order valence-corrected chi connectivity index (χ0v) is 12.0. The molecule has 0 aliphatic heterocycles. The summed E-state index contributed by atoms with van der Waals surface area (Å²) in [5, 5.41) is 11.3. The predicted molar refractivity (Wildman–Crippen MR) is 68.0 cm³/mol. The first kappa shape index (κ1) is 16.9. The number of aliphatic carboxylic acids is 1. The number of carboxylic acids is 1. The van der Waals surface area contributed by atoms with Crippen LogP contribution in [0.2, 0.25) is 0 Å². The second-order valence-corrected chi connectivity index (χ2v) is 7.65. The molecule has 18 heavy (non-hydrogen) atoms. The van der Waals surface area contributed by atoms with E-state index in [-0.39, 0.29) is 0 Å². The molecule has 0 aliphatic carbocycles. The minimum atomic E-state index is -4.02. The Morgan fingerprint density at radius 2 is 1.78 bits per heavy atom. The van der Waals surface area contributed by atoms with Crippen molar-refractivity contribution < 1.29 is 23.1 Å². The van der Waals surface area contributed by atoms with Crippen LogP contribution in [0.5, 0.6) is 0 Å². The maximum absolute atomic E-state index is 11.8. The van der Waals surface area contributed by atoms with Crippen molar-refractivity contribution in [2.45, 2.75) is 38.9 Å². The second-order valence-electron chi connectivity index (χ2n) is 5.11. The van der Waals surface area contributed by atoms with Gasteiger partial charge >= 0.3 is 5.97 Å². The minimum Gasteiger partial charge on any atom is -0.480 e. The number of hydrogen-bond acceptors (Lipinski definition) is 4. The Morgan fingerprint density at radius 1 is 1.28 bits per heavy atom. The van der Waals surface area contributed by atoms with Crippen molar-refractivity contribution in [3.8, 4) is 0 Å². The molecule has 1 amide bonds. The van der Waals surface area contributed by atoms with Crippen LogP contribution in [0.3, 0.4) is 0 Å². The molecule has 0 rings (SSSR count). The standard InChI is InChI=1S/C11H21NO5S/c1-8(2)5-6-12-9(13)7-18(16,17)11(3,4)10(14)15/h8H,5-7H2,1-4H3,(H,12,13)(H,14,15). The number of carbonyl (C=O) groups is 2. The fraction of sp³-hybridized carbons (Fsp3) is 0.818. The van der Waals surface area contributed by atoms with Gasteiger partial charge in [-0.3, -0.25) is 9.59 Å². The predicted octanol–water partition coefficient (Wildman–Crippen LogP) is 0.427. The van der Waals surface area contributed by atoms with Crippen molar-refractivity contribution in [1.29, 1.82) is 0 Å². The number of amides is 1. The molecule has 0 bridgehead atoms. The molecule has 0 saturated carbocycles. The fourth-order valence-electron chi connectivity index (χ4n) is 1.04. The average Bonchev–Trinajstić information content (AvgIpc) is 2.15. The second kappa shape index (κ2) is 6.17. The third kappa shape index (κ3) is 4.64. The van der Waals surface area contributed by atoms with Gasteiger partial charge in [0.25, 0.3) is 0 Å². The SMILES string of the molecule is CC(C)CCNC(=O)CS(=O)(=O)C(C)(C)C(=O)O. The minimum absolute atomic E-state index is 0.388. The maximum Gasteiger partial charge on any atom is 0.324 e. The molecule has 0 radical (unpaired) electrons. The Balaban J connectivity index is 4.52. The van der Waals surface area contributed by atoms with Gasteiger partial charge in [-0.25, -0.2) is 8.42 Å². The topological polar surface area (TPSA) is 101 Å². The summed E-state index contributed by atoms with van der Waals surface area (Å²) >= 11 is 0. The molecule has 6 nitrogen and oxygen atoms in total. The van der Waals surface area contributed by atoms with Gasteiger partial charge in [-0.1, -0.05) is 13.8 Å². The zero-order valence-electron chi connectivity index (χ0n) is 11.2. The van der Waals surface area contributed by atoms with Crippen LogP contribution in [-0.4, -0.2) is 42.4 Å². The molecule has 2 N–H and O–H groups in total. The Labute approximate surface area is 108 Å². The van der Waals surface area contributed by atoms with Gasteiger partial charge in [0.1, 0.15) is 5.75 Å². The normalized spacial score (nSPS) is 12.5. The molecule has 0 atom stereocenters. The van der Waals surface area contributed by atoms with Crippen molar-refractivity contribution in [2.75, 3.05) is 12.3 Å². The van der Waals surface area contributed by atoms with Crippen LogP contribution in [0, 0.1) is 5.92 Å². The van der Waals surface area contributed by atoms with Gasteiger partial charge in [-0.2, -0.15) is 0 Å². The molecule has 0 aromatic carbocycles. The van der Waals surface area contributed by atoms with Crippen LogP contribution in [-0.2, 0) is 19.4 Å². The summed E-state index contributed by atoms with van der Waals surface area (Å²) < 4.78 is 21.6. The number of carboxylic acid groups (broad SMARTS) is 1. The summed E-state index contributed by atoms with van der Waals surface area (Å²) in [5.41, 5.74) is 0. The van der Waals surface area contributed by atoms with Gasteiger partial charge in [0.15, 0.2) is 14.6 Å². The van der Waals surface area contributed by atoms with Crippen molar-refractivity contribution in [3.05, 3.63) is 0 Å². The van der Waals surface area contributed by atoms with Gasteiger partial charge in [0.05, 0.1) is 0 Å². The molecular weight excluding hydrogens is 258 g/mol. The Bertz CT molecular complexity index is 411. The Morgan fingerprint density at radius 3 is 2.17 bits per heavy atom. The van der Waals surface area contributed by atoms with E-state index in [0.29, 0.717) is 12.5 Å². The highest BCUT2D eigenvalue weighted by molar-refractivity contribution is 7.94. The quantitative estimate of drug-likeness (QED) is 0.703. The van der Waals surface area contributed by atoms with Crippen molar-refractivity contribution in [3.63, 3.8) is 0 Å². The lowest BCUT2D eigenvalue weighted by atomic mass is 10.1. The van der Waals surface area contributed by atoms with Crippen molar-refractivity contribution in [2.24, 2.45) is 5.92 Å². The van der Waals surface area contributed by atoms with Crippen LogP contribution >= 0.6 is 0 Å². The lowest BCUT2D eigenvalue weighted by Gasteiger charge is -2.19. The number of carbonyl (C=O) groups excluding carboxylic acids is 1. The Kier molecular flexibility index (Phi) is 5.79. The molecule has 0 aliphatic rings. The van der Waals surface area contributed by atoms with Crippen LogP contribution in [0.15, 0.2) is 0 Å². The summed E-state index contributed by atoms with van der Waals surface area (Å²) in [6.45, 7) is 6.50. The van der Waals surface area contributed by atoms with E-state index < -0.39 is 32.2 Å². The van der Waals surface area contributed by atoms with Crippen LogP contribution in [0.25, 0.3) is 0 Å². The highest BCUT2D eigenvalue weighted by Gasteiger charge is 2.42. The number of rotatable bonds is 7. The first-order valence-corrected chi connectivity index (χ1v) is 7.38. The first-order valence-electron chi connectivity index (χ1n) is 5.73.